The number of carbonyl (C=O) groups excluding carboxylic acids is 1. The SMILES string of the molecule is Cc1cc(C)c(NC(=O)CNCCc2cccc(Cl)c2)c(Cl)c1. The van der Waals surface area contributed by atoms with Crippen LogP contribution in [-0.4, -0.2) is 19.0 Å². The Morgan fingerprint density at radius 3 is 2.61 bits per heavy atom. The van der Waals surface area contributed by atoms with Gasteiger partial charge in [-0.1, -0.05) is 41.4 Å². The van der Waals surface area contributed by atoms with E-state index in [9.17, 15) is 4.79 Å². The molecular formula is C18H20Cl2N2O. The summed E-state index contributed by atoms with van der Waals surface area (Å²) in [6, 6.07) is 11.6. The van der Waals surface area contributed by atoms with Crippen molar-refractivity contribution in [3.05, 3.63) is 63.1 Å². The number of carbonyl (C=O) groups is 1. The van der Waals surface area contributed by atoms with Gasteiger partial charge in [-0.15, -0.1) is 0 Å². The van der Waals surface area contributed by atoms with Gasteiger partial charge in [0.25, 0.3) is 0 Å². The molecule has 5 heteroatoms. The van der Waals surface area contributed by atoms with E-state index in [-0.39, 0.29) is 12.5 Å². The summed E-state index contributed by atoms with van der Waals surface area (Å²) in [4.78, 5) is 12.0. The Balaban J connectivity index is 1.80. The average Bonchev–Trinajstić information content (AvgIpc) is 2.47. The van der Waals surface area contributed by atoms with Crippen molar-refractivity contribution in [2.45, 2.75) is 20.3 Å². The van der Waals surface area contributed by atoms with Gasteiger partial charge in [-0.2, -0.15) is 0 Å². The number of nitrogens with one attached hydrogen (secondary N) is 2. The molecule has 122 valence electrons. The van der Waals surface area contributed by atoms with Gasteiger partial charge in [-0.3, -0.25) is 4.79 Å². The third kappa shape index (κ3) is 5.54. The Morgan fingerprint density at radius 2 is 1.91 bits per heavy atom. The molecule has 3 nitrogen and oxygen atoms in total. The maximum absolute atomic E-state index is 12.0. The van der Waals surface area contributed by atoms with Crippen LogP contribution in [-0.2, 0) is 11.2 Å². The van der Waals surface area contributed by atoms with E-state index in [1.54, 1.807) is 0 Å². The lowest BCUT2D eigenvalue weighted by Crippen LogP contribution is -2.29. The van der Waals surface area contributed by atoms with E-state index < -0.39 is 0 Å². The number of rotatable bonds is 6. The third-order valence-electron chi connectivity index (χ3n) is 3.46. The van der Waals surface area contributed by atoms with Crippen molar-refractivity contribution in [3.8, 4) is 0 Å². The average molecular weight is 351 g/mol. The lowest BCUT2D eigenvalue weighted by atomic mass is 10.1. The Hall–Kier alpha value is -1.55. The Morgan fingerprint density at radius 1 is 1.13 bits per heavy atom. The summed E-state index contributed by atoms with van der Waals surface area (Å²) < 4.78 is 0. The first-order valence-electron chi connectivity index (χ1n) is 7.47. The summed E-state index contributed by atoms with van der Waals surface area (Å²) in [7, 11) is 0. The summed E-state index contributed by atoms with van der Waals surface area (Å²) in [5, 5.41) is 7.28. The zero-order valence-electron chi connectivity index (χ0n) is 13.2. The van der Waals surface area contributed by atoms with Gasteiger partial charge in [-0.05, 0) is 61.7 Å². The van der Waals surface area contributed by atoms with Crippen LogP contribution in [0, 0.1) is 13.8 Å². The number of halogens is 2. The molecule has 0 radical (unpaired) electrons. The lowest BCUT2D eigenvalue weighted by molar-refractivity contribution is -0.115. The largest absolute Gasteiger partial charge is 0.323 e. The normalized spacial score (nSPS) is 10.6. The summed E-state index contributed by atoms with van der Waals surface area (Å²) in [5.74, 6) is -0.107. The molecule has 0 unspecified atom stereocenters. The Kier molecular flexibility index (Phi) is 6.46. The summed E-state index contributed by atoms with van der Waals surface area (Å²) >= 11 is 12.1. The van der Waals surface area contributed by atoms with Gasteiger partial charge in [-0.25, -0.2) is 0 Å². The van der Waals surface area contributed by atoms with Crippen LogP contribution in [0.15, 0.2) is 36.4 Å². The van der Waals surface area contributed by atoms with Gasteiger partial charge in [0.05, 0.1) is 17.3 Å². The minimum atomic E-state index is -0.107. The van der Waals surface area contributed by atoms with Crippen LogP contribution >= 0.6 is 23.2 Å². The maximum atomic E-state index is 12.0. The van der Waals surface area contributed by atoms with Gasteiger partial charge in [0.2, 0.25) is 5.91 Å². The fourth-order valence-corrected chi connectivity index (χ4v) is 2.97. The van der Waals surface area contributed by atoms with Crippen LogP contribution < -0.4 is 10.6 Å². The van der Waals surface area contributed by atoms with E-state index in [1.165, 1.54) is 0 Å². The molecule has 0 saturated heterocycles. The number of aryl methyl sites for hydroxylation is 2. The second-order valence-corrected chi connectivity index (χ2v) is 6.39. The van der Waals surface area contributed by atoms with E-state index in [2.05, 4.69) is 10.6 Å². The van der Waals surface area contributed by atoms with E-state index in [4.69, 9.17) is 23.2 Å². The minimum Gasteiger partial charge on any atom is -0.323 e. The molecule has 1 amide bonds. The van der Waals surface area contributed by atoms with Gasteiger partial charge in [0.1, 0.15) is 0 Å². The molecule has 0 saturated carbocycles. The van der Waals surface area contributed by atoms with Crippen molar-refractivity contribution in [3.63, 3.8) is 0 Å². The van der Waals surface area contributed by atoms with Crippen molar-refractivity contribution >= 4 is 34.8 Å². The standard InChI is InChI=1S/C18H20Cl2N2O/c1-12-8-13(2)18(16(20)9-12)22-17(23)11-21-7-6-14-4-3-5-15(19)10-14/h3-5,8-10,21H,6-7,11H2,1-2H3,(H,22,23). The number of amides is 1. The van der Waals surface area contributed by atoms with E-state index >= 15 is 0 Å². The quantitative estimate of drug-likeness (QED) is 0.759. The molecule has 0 bridgehead atoms. The molecule has 2 N–H and O–H groups in total. The van der Waals surface area contributed by atoms with Gasteiger partial charge in [0.15, 0.2) is 0 Å². The van der Waals surface area contributed by atoms with Crippen molar-refractivity contribution in [2.24, 2.45) is 0 Å². The monoisotopic (exact) mass is 350 g/mol. The van der Waals surface area contributed by atoms with Crippen LogP contribution in [0.5, 0.6) is 0 Å². The predicted octanol–water partition coefficient (Wildman–Crippen LogP) is 4.38. The summed E-state index contributed by atoms with van der Waals surface area (Å²) in [6.07, 6.45) is 0.818. The topological polar surface area (TPSA) is 41.1 Å². The van der Waals surface area contributed by atoms with Gasteiger partial charge >= 0.3 is 0 Å². The molecule has 23 heavy (non-hydrogen) atoms. The van der Waals surface area contributed by atoms with Gasteiger partial charge < -0.3 is 10.6 Å². The first-order chi connectivity index (χ1) is 11.0. The fraction of sp³-hybridized carbons (Fsp3) is 0.278. The highest BCUT2D eigenvalue weighted by Crippen LogP contribution is 2.27. The van der Waals surface area contributed by atoms with Crippen molar-refractivity contribution in [2.75, 3.05) is 18.4 Å². The molecule has 0 aliphatic carbocycles. The molecule has 2 aromatic rings. The highest BCUT2D eigenvalue weighted by Gasteiger charge is 2.09. The zero-order valence-corrected chi connectivity index (χ0v) is 14.8. The Bertz CT molecular complexity index is 678. The van der Waals surface area contributed by atoms with Crippen LogP contribution in [0.4, 0.5) is 5.69 Å². The van der Waals surface area contributed by atoms with E-state index in [1.807, 2.05) is 50.2 Å². The van der Waals surface area contributed by atoms with Crippen molar-refractivity contribution < 1.29 is 4.79 Å². The maximum Gasteiger partial charge on any atom is 0.238 e. The van der Waals surface area contributed by atoms with E-state index in [0.717, 1.165) is 28.1 Å². The molecule has 0 spiro atoms. The molecule has 0 aromatic heterocycles. The molecule has 2 aromatic carbocycles. The lowest BCUT2D eigenvalue weighted by Gasteiger charge is -2.12. The second-order valence-electron chi connectivity index (χ2n) is 5.54. The summed E-state index contributed by atoms with van der Waals surface area (Å²) in [6.45, 7) is 4.85. The molecule has 0 heterocycles. The number of hydrogen-bond donors (Lipinski definition) is 2. The van der Waals surface area contributed by atoms with Crippen LogP contribution in [0.2, 0.25) is 10.0 Å². The molecule has 0 fully saturated rings. The summed E-state index contributed by atoms with van der Waals surface area (Å²) in [5.41, 5.74) is 3.86. The number of benzene rings is 2. The number of anilines is 1. The third-order valence-corrected chi connectivity index (χ3v) is 3.99. The molecular weight excluding hydrogens is 331 g/mol. The molecule has 0 aliphatic heterocycles. The second kappa shape index (κ2) is 8.34. The Labute approximate surface area is 147 Å². The van der Waals surface area contributed by atoms with Crippen molar-refractivity contribution in [1.29, 1.82) is 0 Å². The number of hydrogen-bond acceptors (Lipinski definition) is 2. The van der Waals surface area contributed by atoms with Gasteiger partial charge in [0, 0.05) is 5.02 Å². The highest BCUT2D eigenvalue weighted by atomic mass is 35.5. The van der Waals surface area contributed by atoms with E-state index in [0.29, 0.717) is 17.3 Å². The molecule has 0 atom stereocenters. The molecule has 2 rings (SSSR count). The highest BCUT2D eigenvalue weighted by molar-refractivity contribution is 6.34. The smallest absolute Gasteiger partial charge is 0.238 e. The first kappa shape index (κ1) is 17.8. The van der Waals surface area contributed by atoms with Crippen molar-refractivity contribution in [1.82, 2.24) is 5.32 Å². The molecule has 0 aliphatic rings. The van der Waals surface area contributed by atoms with Crippen LogP contribution in [0.3, 0.4) is 0 Å². The predicted molar refractivity (Wildman–Crippen MR) is 97.6 cm³/mol. The zero-order chi connectivity index (χ0) is 16.8. The minimum absolute atomic E-state index is 0.107. The van der Waals surface area contributed by atoms with Crippen LogP contribution in [0.25, 0.3) is 0 Å². The first-order valence-corrected chi connectivity index (χ1v) is 8.23. The van der Waals surface area contributed by atoms with Crippen LogP contribution in [0.1, 0.15) is 16.7 Å². The fourth-order valence-electron chi connectivity index (χ4n) is 2.38.